The molecule has 0 spiro atoms. The Morgan fingerprint density at radius 1 is 1.42 bits per heavy atom. The van der Waals surface area contributed by atoms with Crippen molar-refractivity contribution in [3.05, 3.63) is 29.0 Å². The molecule has 0 aliphatic heterocycles. The lowest BCUT2D eigenvalue weighted by Gasteiger charge is -2.11. The van der Waals surface area contributed by atoms with Crippen LogP contribution in [0.3, 0.4) is 0 Å². The van der Waals surface area contributed by atoms with E-state index in [1.807, 2.05) is 0 Å². The topological polar surface area (TPSA) is 98.0 Å². The van der Waals surface area contributed by atoms with Crippen LogP contribution in [0.2, 0.25) is 5.02 Å². The minimum atomic E-state index is -0.477. The lowest BCUT2D eigenvalue weighted by molar-refractivity contribution is -0.116. The molecule has 1 atom stereocenters. The second-order valence-corrected chi connectivity index (χ2v) is 8.66. The molecular weight excluding hydrogens is 395 g/mol. The number of nitrogens with zero attached hydrogens (tertiary/aromatic N) is 2. The van der Waals surface area contributed by atoms with Gasteiger partial charge in [-0.05, 0) is 25.1 Å². The van der Waals surface area contributed by atoms with Crippen LogP contribution in [0.1, 0.15) is 6.92 Å². The number of hydrogen-bond acceptors (Lipinski definition) is 7. The predicted molar refractivity (Wildman–Crippen MR) is 95.2 cm³/mol. The van der Waals surface area contributed by atoms with Crippen LogP contribution in [0.5, 0.6) is 0 Å². The van der Waals surface area contributed by atoms with Gasteiger partial charge in [-0.1, -0.05) is 46.5 Å². The summed E-state index contributed by atoms with van der Waals surface area (Å²) in [6.45, 7) is 1.70. The van der Waals surface area contributed by atoms with Gasteiger partial charge >= 0.3 is 0 Å². The average Bonchev–Trinajstić information content (AvgIpc) is 2.95. The number of carbonyl (C=O) groups is 2. The molecule has 1 aromatic carbocycles. The number of primary amides is 1. The Balaban J connectivity index is 1.92. The van der Waals surface area contributed by atoms with E-state index in [2.05, 4.69) is 15.5 Å². The Hall–Kier alpha value is -1.36. The van der Waals surface area contributed by atoms with Gasteiger partial charge in [-0.3, -0.25) is 9.59 Å². The molecule has 0 bridgehead atoms. The molecule has 0 fully saturated rings. The fourth-order valence-electron chi connectivity index (χ4n) is 1.47. The first kappa shape index (κ1) is 19.0. The number of nitrogens with two attached hydrogens (primary N) is 1. The van der Waals surface area contributed by atoms with Crippen molar-refractivity contribution in [2.75, 3.05) is 11.1 Å². The lowest BCUT2D eigenvalue weighted by atomic mass is 10.3. The second-order valence-electron chi connectivity index (χ2n) is 4.46. The van der Waals surface area contributed by atoms with Crippen molar-refractivity contribution in [1.29, 1.82) is 0 Å². The van der Waals surface area contributed by atoms with Crippen LogP contribution in [-0.4, -0.2) is 33.0 Å². The van der Waals surface area contributed by atoms with E-state index in [0.29, 0.717) is 14.4 Å². The van der Waals surface area contributed by atoms with Crippen molar-refractivity contribution < 1.29 is 14.0 Å². The fourth-order valence-corrected chi connectivity index (χ4v) is 4.58. The molecule has 0 aliphatic rings. The molecule has 6 nitrogen and oxygen atoms in total. The van der Waals surface area contributed by atoms with Gasteiger partial charge in [-0.15, -0.1) is 10.2 Å². The molecule has 0 radical (unpaired) electrons. The molecule has 2 aromatic rings. The molecule has 11 heteroatoms. The van der Waals surface area contributed by atoms with Gasteiger partial charge in [-0.2, -0.15) is 0 Å². The summed E-state index contributed by atoms with van der Waals surface area (Å²) >= 11 is 9.57. The van der Waals surface area contributed by atoms with Crippen LogP contribution in [0, 0.1) is 5.82 Å². The van der Waals surface area contributed by atoms with E-state index in [4.69, 9.17) is 17.3 Å². The zero-order valence-corrected chi connectivity index (χ0v) is 15.5. The number of amides is 2. The van der Waals surface area contributed by atoms with Crippen molar-refractivity contribution in [1.82, 2.24) is 10.2 Å². The summed E-state index contributed by atoms with van der Waals surface area (Å²) < 4.78 is 14.2. The van der Waals surface area contributed by atoms with Crippen molar-refractivity contribution in [2.45, 2.75) is 20.9 Å². The number of nitrogens with one attached hydrogen (secondary N) is 1. The Morgan fingerprint density at radius 3 is 2.79 bits per heavy atom. The van der Waals surface area contributed by atoms with Gasteiger partial charge in [0, 0.05) is 0 Å². The Morgan fingerprint density at radius 2 is 2.12 bits per heavy atom. The van der Waals surface area contributed by atoms with E-state index in [-0.39, 0.29) is 16.7 Å². The van der Waals surface area contributed by atoms with E-state index in [1.54, 1.807) is 6.92 Å². The maximum atomic E-state index is 13.0. The summed E-state index contributed by atoms with van der Waals surface area (Å²) in [5.41, 5.74) is 5.41. The molecule has 0 saturated heterocycles. The van der Waals surface area contributed by atoms with E-state index in [9.17, 15) is 14.0 Å². The third kappa shape index (κ3) is 5.62. The van der Waals surface area contributed by atoms with E-state index in [1.165, 1.54) is 47.0 Å². The average molecular weight is 407 g/mol. The third-order valence-corrected chi connectivity index (χ3v) is 6.14. The molecule has 128 valence electrons. The molecule has 1 heterocycles. The minimum Gasteiger partial charge on any atom is -0.369 e. The first-order valence-corrected chi connectivity index (χ1v) is 9.58. The fraction of sp³-hybridized carbons (Fsp3) is 0.231. The summed E-state index contributed by atoms with van der Waals surface area (Å²) in [4.78, 5) is 22.9. The highest BCUT2D eigenvalue weighted by molar-refractivity contribution is 8.04. The number of benzene rings is 1. The summed E-state index contributed by atoms with van der Waals surface area (Å²) in [6.07, 6.45) is 0. The number of rotatable bonds is 7. The zero-order chi connectivity index (χ0) is 17.7. The molecule has 2 rings (SSSR count). The SMILES string of the molecule is C[C@H](Sc1nnc(SCC(N)=O)s1)C(=O)Nc1ccc(F)cc1Cl. The van der Waals surface area contributed by atoms with Crippen LogP contribution >= 0.6 is 46.5 Å². The zero-order valence-electron chi connectivity index (χ0n) is 12.3. The van der Waals surface area contributed by atoms with Crippen LogP contribution in [0.4, 0.5) is 10.1 Å². The van der Waals surface area contributed by atoms with Crippen molar-refractivity contribution in [3.8, 4) is 0 Å². The number of thioether (sulfide) groups is 2. The van der Waals surface area contributed by atoms with Gasteiger partial charge < -0.3 is 11.1 Å². The molecule has 1 aromatic heterocycles. The van der Waals surface area contributed by atoms with Crippen LogP contribution in [-0.2, 0) is 9.59 Å². The second kappa shape index (κ2) is 8.65. The number of halogens is 2. The first-order valence-electron chi connectivity index (χ1n) is 6.52. The highest BCUT2D eigenvalue weighted by atomic mass is 35.5. The van der Waals surface area contributed by atoms with E-state index < -0.39 is 17.0 Å². The Bertz CT molecular complexity index is 759. The van der Waals surface area contributed by atoms with Gasteiger partial charge in [0.15, 0.2) is 8.68 Å². The Labute approximate surface area is 154 Å². The number of anilines is 1. The van der Waals surface area contributed by atoms with Crippen LogP contribution in [0.25, 0.3) is 0 Å². The lowest BCUT2D eigenvalue weighted by Crippen LogP contribution is -2.22. The van der Waals surface area contributed by atoms with Gasteiger partial charge in [-0.25, -0.2) is 4.39 Å². The maximum Gasteiger partial charge on any atom is 0.237 e. The van der Waals surface area contributed by atoms with Gasteiger partial charge in [0.2, 0.25) is 11.8 Å². The predicted octanol–water partition coefficient (Wildman–Crippen LogP) is 3.03. The number of carbonyl (C=O) groups excluding carboxylic acids is 2. The highest BCUT2D eigenvalue weighted by Gasteiger charge is 2.18. The molecule has 3 N–H and O–H groups in total. The van der Waals surface area contributed by atoms with Gasteiger partial charge in [0.1, 0.15) is 5.82 Å². The molecular formula is C13H12ClFN4O2S3. The first-order chi connectivity index (χ1) is 11.3. The number of aromatic nitrogens is 2. The van der Waals surface area contributed by atoms with Gasteiger partial charge in [0.25, 0.3) is 0 Å². The highest BCUT2D eigenvalue weighted by Crippen LogP contribution is 2.32. The summed E-state index contributed by atoms with van der Waals surface area (Å²) in [5, 5.41) is 10.2. The molecule has 0 aliphatic carbocycles. The Kier molecular flexibility index (Phi) is 6.84. The normalized spacial score (nSPS) is 12.0. The minimum absolute atomic E-state index is 0.123. The monoisotopic (exact) mass is 406 g/mol. The van der Waals surface area contributed by atoms with E-state index in [0.717, 1.165) is 6.07 Å². The molecule has 0 saturated carbocycles. The maximum absolute atomic E-state index is 13.0. The molecule has 24 heavy (non-hydrogen) atoms. The summed E-state index contributed by atoms with van der Waals surface area (Å²) in [7, 11) is 0. The largest absolute Gasteiger partial charge is 0.369 e. The summed E-state index contributed by atoms with van der Waals surface area (Å²) in [5.74, 6) is -1.09. The smallest absolute Gasteiger partial charge is 0.237 e. The standard InChI is InChI=1S/C13H12ClFN4O2S3/c1-6(11(21)17-9-3-2-7(15)4-8(9)14)23-13-19-18-12(24-13)22-5-10(16)20/h2-4,6H,5H2,1H3,(H2,16,20)(H,17,21)/t6-/m0/s1. The quantitative estimate of drug-likeness (QED) is 0.686. The van der Waals surface area contributed by atoms with Crippen molar-refractivity contribution in [2.24, 2.45) is 5.73 Å². The van der Waals surface area contributed by atoms with Crippen LogP contribution < -0.4 is 11.1 Å². The summed E-state index contributed by atoms with van der Waals surface area (Å²) in [6, 6.07) is 3.74. The van der Waals surface area contributed by atoms with Crippen LogP contribution in [0.15, 0.2) is 26.9 Å². The molecule has 0 unspecified atom stereocenters. The third-order valence-electron chi connectivity index (χ3n) is 2.56. The van der Waals surface area contributed by atoms with Crippen molar-refractivity contribution >= 4 is 64.0 Å². The number of hydrogen-bond donors (Lipinski definition) is 2. The molecule has 2 amide bonds. The van der Waals surface area contributed by atoms with Crippen molar-refractivity contribution in [3.63, 3.8) is 0 Å². The van der Waals surface area contributed by atoms with E-state index >= 15 is 0 Å². The van der Waals surface area contributed by atoms with Gasteiger partial charge in [0.05, 0.1) is 21.7 Å².